The van der Waals surface area contributed by atoms with Gasteiger partial charge in [0.05, 0.1) is 31.0 Å². The Balaban J connectivity index is 1.41. The number of para-hydroxylation sites is 1. The SMILES string of the molecule is COc1ccccc1-c1noc(CN2CC(n3nc(C)cc3C)C2)n1. The van der Waals surface area contributed by atoms with Crippen LogP contribution in [0.1, 0.15) is 23.3 Å². The molecule has 7 nitrogen and oxygen atoms in total. The van der Waals surface area contributed by atoms with Crippen LogP contribution in [-0.4, -0.2) is 45.0 Å². The van der Waals surface area contributed by atoms with Gasteiger partial charge in [-0.2, -0.15) is 10.1 Å². The summed E-state index contributed by atoms with van der Waals surface area (Å²) in [6, 6.07) is 10.2. The lowest BCUT2D eigenvalue weighted by molar-refractivity contribution is 0.0777. The number of hydrogen-bond donors (Lipinski definition) is 0. The van der Waals surface area contributed by atoms with Crippen molar-refractivity contribution in [2.45, 2.75) is 26.4 Å². The molecular formula is C18H21N5O2. The summed E-state index contributed by atoms with van der Waals surface area (Å²) >= 11 is 0. The normalized spacial score (nSPS) is 15.3. The predicted octanol–water partition coefficient (Wildman–Crippen LogP) is 2.62. The summed E-state index contributed by atoms with van der Waals surface area (Å²) in [5.41, 5.74) is 3.11. The van der Waals surface area contributed by atoms with Crippen molar-refractivity contribution in [1.82, 2.24) is 24.8 Å². The molecule has 0 bridgehead atoms. The highest BCUT2D eigenvalue weighted by Gasteiger charge is 2.31. The first kappa shape index (κ1) is 15.8. The standard InChI is InChI=1S/C18H21N5O2/c1-12-8-13(2)23(20-12)14-9-22(10-14)11-17-19-18(21-25-17)15-6-4-5-7-16(15)24-3/h4-8,14H,9-11H2,1-3H3. The van der Waals surface area contributed by atoms with Gasteiger partial charge in [-0.3, -0.25) is 9.58 Å². The summed E-state index contributed by atoms with van der Waals surface area (Å²) < 4.78 is 12.9. The van der Waals surface area contributed by atoms with Crippen LogP contribution in [-0.2, 0) is 6.54 Å². The van der Waals surface area contributed by atoms with Crippen LogP contribution in [0.4, 0.5) is 0 Å². The average molecular weight is 339 g/mol. The topological polar surface area (TPSA) is 69.2 Å². The third-order valence-corrected chi connectivity index (χ3v) is 4.50. The molecule has 1 aliphatic heterocycles. The maximum absolute atomic E-state index is 5.41. The number of aryl methyl sites for hydroxylation is 2. The van der Waals surface area contributed by atoms with Gasteiger partial charge < -0.3 is 9.26 Å². The fourth-order valence-corrected chi connectivity index (χ4v) is 3.29. The smallest absolute Gasteiger partial charge is 0.241 e. The zero-order chi connectivity index (χ0) is 17.4. The van der Waals surface area contributed by atoms with Gasteiger partial charge in [-0.15, -0.1) is 0 Å². The van der Waals surface area contributed by atoms with Crippen molar-refractivity contribution in [2.24, 2.45) is 0 Å². The van der Waals surface area contributed by atoms with Crippen LogP contribution in [0.5, 0.6) is 5.75 Å². The molecule has 25 heavy (non-hydrogen) atoms. The number of benzene rings is 1. The van der Waals surface area contributed by atoms with Crippen molar-refractivity contribution in [2.75, 3.05) is 20.2 Å². The molecule has 0 amide bonds. The zero-order valence-corrected chi connectivity index (χ0v) is 14.6. The maximum Gasteiger partial charge on any atom is 0.241 e. The first-order valence-electron chi connectivity index (χ1n) is 8.35. The van der Waals surface area contributed by atoms with E-state index in [9.17, 15) is 0 Å². The minimum Gasteiger partial charge on any atom is -0.496 e. The van der Waals surface area contributed by atoms with E-state index < -0.39 is 0 Å². The molecule has 3 heterocycles. The van der Waals surface area contributed by atoms with Crippen molar-refractivity contribution in [3.05, 3.63) is 47.6 Å². The van der Waals surface area contributed by atoms with E-state index in [-0.39, 0.29) is 0 Å². The van der Waals surface area contributed by atoms with Crippen molar-refractivity contribution in [3.63, 3.8) is 0 Å². The molecule has 0 spiro atoms. The van der Waals surface area contributed by atoms with E-state index in [2.05, 4.69) is 37.8 Å². The molecule has 0 saturated carbocycles. The van der Waals surface area contributed by atoms with Crippen LogP contribution in [0.2, 0.25) is 0 Å². The van der Waals surface area contributed by atoms with Crippen molar-refractivity contribution in [3.8, 4) is 17.1 Å². The third-order valence-electron chi connectivity index (χ3n) is 4.50. The van der Waals surface area contributed by atoms with E-state index in [1.807, 2.05) is 31.2 Å². The molecule has 1 saturated heterocycles. The van der Waals surface area contributed by atoms with Crippen LogP contribution in [0.15, 0.2) is 34.9 Å². The van der Waals surface area contributed by atoms with Crippen LogP contribution in [0.25, 0.3) is 11.4 Å². The third kappa shape index (κ3) is 3.02. The monoisotopic (exact) mass is 339 g/mol. The second-order valence-corrected chi connectivity index (χ2v) is 6.43. The van der Waals surface area contributed by atoms with Gasteiger partial charge in [0.15, 0.2) is 0 Å². The van der Waals surface area contributed by atoms with E-state index in [1.54, 1.807) is 7.11 Å². The molecule has 1 fully saturated rings. The van der Waals surface area contributed by atoms with Crippen LogP contribution in [0.3, 0.4) is 0 Å². The molecule has 1 aliphatic rings. The highest BCUT2D eigenvalue weighted by molar-refractivity contribution is 5.63. The highest BCUT2D eigenvalue weighted by Crippen LogP contribution is 2.28. The number of methoxy groups -OCH3 is 1. The largest absolute Gasteiger partial charge is 0.496 e. The minimum atomic E-state index is 0.422. The maximum atomic E-state index is 5.41. The molecule has 0 aliphatic carbocycles. The Morgan fingerprint density at radius 3 is 2.76 bits per heavy atom. The second-order valence-electron chi connectivity index (χ2n) is 6.43. The first-order chi connectivity index (χ1) is 12.1. The van der Waals surface area contributed by atoms with E-state index in [1.165, 1.54) is 5.69 Å². The molecule has 4 rings (SSSR count). The van der Waals surface area contributed by atoms with E-state index >= 15 is 0 Å². The fraction of sp³-hybridized carbons (Fsp3) is 0.389. The van der Waals surface area contributed by atoms with Gasteiger partial charge in [0, 0.05) is 18.8 Å². The Morgan fingerprint density at radius 1 is 1.24 bits per heavy atom. The second kappa shape index (κ2) is 6.33. The quantitative estimate of drug-likeness (QED) is 0.712. The average Bonchev–Trinajstić information content (AvgIpc) is 3.16. The lowest BCUT2D eigenvalue weighted by Crippen LogP contribution is -2.47. The van der Waals surface area contributed by atoms with Gasteiger partial charge >= 0.3 is 0 Å². The fourth-order valence-electron chi connectivity index (χ4n) is 3.29. The Bertz CT molecular complexity index is 879. The highest BCUT2D eigenvalue weighted by atomic mass is 16.5. The van der Waals surface area contributed by atoms with Gasteiger partial charge in [0.2, 0.25) is 11.7 Å². The van der Waals surface area contributed by atoms with E-state index in [4.69, 9.17) is 9.26 Å². The molecule has 0 unspecified atom stereocenters. The molecule has 3 aromatic rings. The minimum absolute atomic E-state index is 0.422. The molecule has 0 atom stereocenters. The Hall–Kier alpha value is -2.67. The Morgan fingerprint density at radius 2 is 2.04 bits per heavy atom. The molecule has 1 aromatic carbocycles. The number of nitrogens with zero attached hydrogens (tertiary/aromatic N) is 5. The number of ether oxygens (including phenoxy) is 1. The lowest BCUT2D eigenvalue weighted by atomic mass is 10.1. The van der Waals surface area contributed by atoms with E-state index in [0.717, 1.165) is 30.1 Å². The summed E-state index contributed by atoms with van der Waals surface area (Å²) in [5, 5.41) is 8.65. The Labute approximate surface area is 146 Å². The van der Waals surface area contributed by atoms with Gasteiger partial charge in [-0.05, 0) is 32.0 Å². The zero-order valence-electron chi connectivity index (χ0n) is 14.6. The molecule has 0 N–H and O–H groups in total. The number of likely N-dealkylation sites (tertiary alicyclic amines) is 1. The van der Waals surface area contributed by atoms with Gasteiger partial charge in [-0.25, -0.2) is 0 Å². The first-order valence-corrected chi connectivity index (χ1v) is 8.35. The number of aromatic nitrogens is 4. The lowest BCUT2D eigenvalue weighted by Gasteiger charge is -2.38. The van der Waals surface area contributed by atoms with Crippen molar-refractivity contribution < 1.29 is 9.26 Å². The number of rotatable bonds is 5. The summed E-state index contributed by atoms with van der Waals surface area (Å²) in [7, 11) is 1.64. The summed E-state index contributed by atoms with van der Waals surface area (Å²) in [4.78, 5) is 6.79. The molecule has 130 valence electrons. The summed E-state index contributed by atoms with van der Waals surface area (Å²) in [6.07, 6.45) is 0. The van der Waals surface area contributed by atoms with Crippen molar-refractivity contribution in [1.29, 1.82) is 0 Å². The van der Waals surface area contributed by atoms with Gasteiger partial charge in [0.1, 0.15) is 5.75 Å². The molecular weight excluding hydrogens is 318 g/mol. The van der Waals surface area contributed by atoms with Gasteiger partial charge in [0.25, 0.3) is 0 Å². The summed E-state index contributed by atoms with van der Waals surface area (Å²) in [6.45, 7) is 6.65. The number of hydrogen-bond acceptors (Lipinski definition) is 6. The van der Waals surface area contributed by atoms with Crippen LogP contribution >= 0.6 is 0 Å². The Kier molecular flexibility index (Phi) is 4.01. The van der Waals surface area contributed by atoms with E-state index in [0.29, 0.717) is 24.3 Å². The van der Waals surface area contributed by atoms with Crippen molar-refractivity contribution >= 4 is 0 Å². The molecule has 7 heteroatoms. The van der Waals surface area contributed by atoms with Crippen LogP contribution < -0.4 is 4.74 Å². The molecule has 0 radical (unpaired) electrons. The predicted molar refractivity (Wildman–Crippen MR) is 92.3 cm³/mol. The molecule has 2 aromatic heterocycles. The summed E-state index contributed by atoms with van der Waals surface area (Å²) in [5.74, 6) is 1.92. The van der Waals surface area contributed by atoms with Crippen LogP contribution in [0, 0.1) is 13.8 Å². The van der Waals surface area contributed by atoms with Gasteiger partial charge in [-0.1, -0.05) is 17.3 Å².